The zero-order chi connectivity index (χ0) is 17.9. The molecule has 0 spiro atoms. The van der Waals surface area contributed by atoms with Gasteiger partial charge in [-0.05, 0) is 50.4 Å². The molecule has 2 fully saturated rings. The normalized spacial score (nSPS) is 40.6. The maximum atomic E-state index is 11.5. The number of esters is 4. The molecule has 2 aliphatic heterocycles. The number of fused-ring (bicyclic) bond motifs is 5. The standard InChI is InChI=1S/C10H10O3.C9H10O3/c1-10-6-3-2-5(4-6)7(10)8(11)13-9(10)12;1-5-3-2-4-6-7(5)9(11)12-8(6)10/h2-3,5-7H,4H2,1H3;5H,2-4H2,1H3. The van der Waals surface area contributed by atoms with Crippen molar-refractivity contribution in [3.63, 3.8) is 0 Å². The van der Waals surface area contributed by atoms with Gasteiger partial charge in [0.25, 0.3) is 0 Å². The van der Waals surface area contributed by atoms with Crippen LogP contribution in [0.4, 0.5) is 0 Å². The summed E-state index contributed by atoms with van der Waals surface area (Å²) in [6.07, 6.45) is 7.74. The summed E-state index contributed by atoms with van der Waals surface area (Å²) in [7, 11) is 0. The second kappa shape index (κ2) is 5.38. The van der Waals surface area contributed by atoms with Crippen LogP contribution in [0.3, 0.4) is 0 Å². The Balaban J connectivity index is 0.000000126. The first-order valence-corrected chi connectivity index (χ1v) is 8.78. The summed E-state index contributed by atoms with van der Waals surface area (Å²) in [5.41, 5.74) is 0.709. The van der Waals surface area contributed by atoms with E-state index in [0.29, 0.717) is 17.6 Å². The second-order valence-electron chi connectivity index (χ2n) is 7.72. The summed E-state index contributed by atoms with van der Waals surface area (Å²) in [6, 6.07) is 0. The van der Waals surface area contributed by atoms with Crippen molar-refractivity contribution >= 4 is 23.9 Å². The van der Waals surface area contributed by atoms with Gasteiger partial charge in [-0.1, -0.05) is 19.1 Å². The maximum Gasteiger partial charge on any atom is 0.342 e. The Morgan fingerprint density at radius 1 is 1.08 bits per heavy atom. The zero-order valence-electron chi connectivity index (χ0n) is 14.2. The van der Waals surface area contributed by atoms with E-state index in [-0.39, 0.29) is 35.6 Å². The molecule has 2 heterocycles. The van der Waals surface area contributed by atoms with Crippen LogP contribution in [0.15, 0.2) is 23.3 Å². The monoisotopic (exact) mass is 344 g/mol. The van der Waals surface area contributed by atoms with Gasteiger partial charge >= 0.3 is 23.9 Å². The zero-order valence-corrected chi connectivity index (χ0v) is 14.2. The number of carbonyl (C=O) groups excluding carboxylic acids is 4. The van der Waals surface area contributed by atoms with Crippen LogP contribution in [-0.4, -0.2) is 23.9 Å². The van der Waals surface area contributed by atoms with Gasteiger partial charge in [0.15, 0.2) is 0 Å². The fourth-order valence-corrected chi connectivity index (χ4v) is 4.96. The minimum absolute atomic E-state index is 0.199. The summed E-state index contributed by atoms with van der Waals surface area (Å²) < 4.78 is 9.22. The van der Waals surface area contributed by atoms with Gasteiger partial charge < -0.3 is 9.47 Å². The van der Waals surface area contributed by atoms with Crippen molar-refractivity contribution in [3.05, 3.63) is 23.3 Å². The van der Waals surface area contributed by atoms with E-state index in [4.69, 9.17) is 4.74 Å². The van der Waals surface area contributed by atoms with Gasteiger partial charge in [-0.2, -0.15) is 0 Å². The Hall–Kier alpha value is -2.24. The van der Waals surface area contributed by atoms with Crippen LogP contribution < -0.4 is 0 Å². The van der Waals surface area contributed by atoms with E-state index in [1.807, 2.05) is 13.8 Å². The van der Waals surface area contributed by atoms with Crippen LogP contribution in [0.25, 0.3) is 0 Å². The van der Waals surface area contributed by atoms with Gasteiger partial charge in [-0.25, -0.2) is 9.59 Å². The predicted octanol–water partition coefficient (Wildman–Crippen LogP) is 2.08. The highest BCUT2D eigenvalue weighted by Crippen LogP contribution is 2.59. The highest BCUT2D eigenvalue weighted by molar-refractivity contribution is 6.12. The van der Waals surface area contributed by atoms with E-state index in [0.717, 1.165) is 19.3 Å². The molecule has 6 heteroatoms. The van der Waals surface area contributed by atoms with Gasteiger partial charge in [0.05, 0.1) is 16.9 Å². The van der Waals surface area contributed by atoms with E-state index in [1.165, 1.54) is 0 Å². The Bertz CT molecular complexity index is 760. The van der Waals surface area contributed by atoms with Crippen LogP contribution >= 0.6 is 0 Å². The van der Waals surface area contributed by atoms with Gasteiger partial charge in [0.1, 0.15) is 0 Å². The fraction of sp³-hybridized carbons (Fsp3) is 0.579. The van der Waals surface area contributed by atoms with Gasteiger partial charge in [-0.15, -0.1) is 0 Å². The lowest BCUT2D eigenvalue weighted by Gasteiger charge is -2.25. The molecule has 3 aliphatic carbocycles. The minimum atomic E-state index is -0.545. The first-order chi connectivity index (χ1) is 11.8. The van der Waals surface area contributed by atoms with Crippen LogP contribution in [0, 0.1) is 29.1 Å². The summed E-state index contributed by atoms with van der Waals surface area (Å²) >= 11 is 0. The van der Waals surface area contributed by atoms with Crippen molar-refractivity contribution in [2.45, 2.75) is 39.5 Å². The fourth-order valence-electron chi connectivity index (χ4n) is 4.96. The predicted molar refractivity (Wildman–Crippen MR) is 84.6 cm³/mol. The number of ether oxygens (including phenoxy) is 2. The summed E-state index contributed by atoms with van der Waals surface area (Å²) in [4.78, 5) is 45.1. The number of hydrogen-bond acceptors (Lipinski definition) is 6. The molecule has 5 rings (SSSR count). The van der Waals surface area contributed by atoms with Crippen molar-refractivity contribution in [2.75, 3.05) is 0 Å². The molecule has 1 saturated heterocycles. The third-order valence-corrected chi connectivity index (χ3v) is 6.38. The summed E-state index contributed by atoms with van der Waals surface area (Å²) in [5, 5.41) is 0. The lowest BCUT2D eigenvalue weighted by Crippen LogP contribution is -2.34. The molecule has 25 heavy (non-hydrogen) atoms. The molecule has 0 amide bonds. The number of hydrogen-bond donors (Lipinski definition) is 0. The maximum absolute atomic E-state index is 11.5. The van der Waals surface area contributed by atoms with Gasteiger partial charge in [0, 0.05) is 5.57 Å². The SMILES string of the molecule is CC12C(=O)OC(=O)C1C1C=CC2C1.CC1CCCC2=C1C(=O)OC2=O. The molecule has 5 atom stereocenters. The van der Waals surface area contributed by atoms with Crippen LogP contribution in [0.1, 0.15) is 39.5 Å². The first kappa shape index (κ1) is 16.2. The number of carbonyl (C=O) groups is 4. The van der Waals surface area contributed by atoms with E-state index in [9.17, 15) is 19.2 Å². The first-order valence-electron chi connectivity index (χ1n) is 8.78. The van der Waals surface area contributed by atoms with E-state index < -0.39 is 17.4 Å². The number of allylic oxidation sites excluding steroid dienone is 2. The smallest absolute Gasteiger partial charge is 0.342 e. The third kappa shape index (κ3) is 2.16. The average molecular weight is 344 g/mol. The average Bonchev–Trinajstić information content (AvgIpc) is 3.26. The molecule has 0 aromatic rings. The van der Waals surface area contributed by atoms with Gasteiger partial charge in [0.2, 0.25) is 0 Å². The van der Waals surface area contributed by atoms with E-state index in [1.54, 1.807) is 0 Å². The van der Waals surface area contributed by atoms with Crippen molar-refractivity contribution < 1.29 is 28.7 Å². The molecule has 5 aliphatic rings. The molecule has 0 N–H and O–H groups in total. The lowest BCUT2D eigenvalue weighted by molar-refractivity contribution is -0.156. The van der Waals surface area contributed by atoms with E-state index >= 15 is 0 Å². The Kier molecular flexibility index (Phi) is 3.49. The second-order valence-corrected chi connectivity index (χ2v) is 7.72. The largest absolute Gasteiger partial charge is 0.392 e. The summed E-state index contributed by atoms with van der Waals surface area (Å²) in [5.74, 6) is -0.995. The molecule has 1 saturated carbocycles. The molecule has 0 aromatic carbocycles. The van der Waals surface area contributed by atoms with Crippen LogP contribution in [-0.2, 0) is 28.7 Å². The quantitative estimate of drug-likeness (QED) is 0.380. The number of rotatable bonds is 0. The number of cyclic esters (lactones) is 4. The molecule has 0 aromatic heterocycles. The Labute approximate surface area is 145 Å². The molecule has 2 bridgehead atoms. The molecule has 5 unspecified atom stereocenters. The van der Waals surface area contributed by atoms with Gasteiger partial charge in [-0.3, -0.25) is 9.59 Å². The summed E-state index contributed by atoms with van der Waals surface area (Å²) in [6.45, 7) is 3.83. The van der Waals surface area contributed by atoms with Crippen LogP contribution in [0.5, 0.6) is 0 Å². The highest BCUT2D eigenvalue weighted by atomic mass is 16.6. The topological polar surface area (TPSA) is 86.7 Å². The van der Waals surface area contributed by atoms with Crippen molar-refractivity contribution in [1.82, 2.24) is 0 Å². The highest BCUT2D eigenvalue weighted by Gasteiger charge is 2.66. The van der Waals surface area contributed by atoms with Crippen molar-refractivity contribution in [3.8, 4) is 0 Å². The molecule has 0 radical (unpaired) electrons. The molecular formula is C19H20O6. The van der Waals surface area contributed by atoms with Crippen molar-refractivity contribution in [2.24, 2.45) is 29.1 Å². The third-order valence-electron chi connectivity index (χ3n) is 6.38. The molecule has 6 nitrogen and oxygen atoms in total. The van der Waals surface area contributed by atoms with E-state index in [2.05, 4.69) is 16.9 Å². The van der Waals surface area contributed by atoms with Crippen molar-refractivity contribution in [1.29, 1.82) is 0 Å². The Morgan fingerprint density at radius 2 is 1.84 bits per heavy atom. The lowest BCUT2D eigenvalue weighted by atomic mass is 9.72. The Morgan fingerprint density at radius 3 is 2.52 bits per heavy atom. The molecular weight excluding hydrogens is 324 g/mol. The molecule has 132 valence electrons. The van der Waals surface area contributed by atoms with Crippen LogP contribution in [0.2, 0.25) is 0 Å². The minimum Gasteiger partial charge on any atom is -0.392 e.